The fraction of sp³-hybridized carbons (Fsp3) is 0.481. The summed E-state index contributed by atoms with van der Waals surface area (Å²) in [6.45, 7) is 3.23. The summed E-state index contributed by atoms with van der Waals surface area (Å²) in [5.41, 5.74) is 8.20. The highest BCUT2D eigenvalue weighted by Gasteiger charge is 2.42. The van der Waals surface area contributed by atoms with E-state index in [0.29, 0.717) is 26.1 Å². The van der Waals surface area contributed by atoms with E-state index in [1.54, 1.807) is 0 Å². The van der Waals surface area contributed by atoms with Crippen molar-refractivity contribution in [3.63, 3.8) is 0 Å². The van der Waals surface area contributed by atoms with Gasteiger partial charge in [-0.15, -0.1) is 0 Å². The first-order chi connectivity index (χ1) is 16.2. The van der Waals surface area contributed by atoms with Gasteiger partial charge in [0, 0.05) is 44.7 Å². The first kappa shape index (κ1) is 23.5. The summed E-state index contributed by atoms with van der Waals surface area (Å²) in [5.74, 6) is 0.201. The van der Waals surface area contributed by atoms with E-state index in [4.69, 9.17) is 5.73 Å². The highest BCUT2D eigenvalue weighted by atomic mass is 16.2. The Kier molecular flexibility index (Phi) is 8.13. The smallest absolute Gasteiger partial charge is 0.242 e. The lowest BCUT2D eigenvalue weighted by molar-refractivity contribution is -0.144. The van der Waals surface area contributed by atoms with E-state index >= 15 is 0 Å². The Morgan fingerprint density at radius 2 is 1.64 bits per heavy atom. The van der Waals surface area contributed by atoms with Crippen molar-refractivity contribution in [2.75, 3.05) is 26.2 Å². The Morgan fingerprint density at radius 3 is 2.27 bits per heavy atom. The molecule has 4 rings (SSSR count). The van der Waals surface area contributed by atoms with Crippen molar-refractivity contribution in [3.8, 4) is 0 Å². The van der Waals surface area contributed by atoms with Crippen LogP contribution in [0.15, 0.2) is 60.7 Å². The van der Waals surface area contributed by atoms with Gasteiger partial charge in [0.05, 0.1) is 0 Å². The van der Waals surface area contributed by atoms with Gasteiger partial charge in [0.15, 0.2) is 0 Å². The Hall–Kier alpha value is -2.70. The molecule has 1 heterocycles. The van der Waals surface area contributed by atoms with Gasteiger partial charge >= 0.3 is 0 Å². The summed E-state index contributed by atoms with van der Waals surface area (Å²) in [5, 5.41) is 2.94. The van der Waals surface area contributed by atoms with Crippen LogP contribution in [0.5, 0.6) is 0 Å². The second kappa shape index (κ2) is 11.4. The summed E-state index contributed by atoms with van der Waals surface area (Å²) in [4.78, 5) is 30.3. The molecule has 0 bridgehead atoms. The average Bonchev–Trinajstić information content (AvgIpc) is 3.71. The molecule has 0 aromatic heterocycles. The van der Waals surface area contributed by atoms with Gasteiger partial charge in [0.2, 0.25) is 11.8 Å². The van der Waals surface area contributed by atoms with Gasteiger partial charge in [0.25, 0.3) is 0 Å². The average molecular weight is 449 g/mol. The van der Waals surface area contributed by atoms with Crippen molar-refractivity contribution in [2.24, 2.45) is 11.7 Å². The number of amides is 2. The van der Waals surface area contributed by atoms with Gasteiger partial charge in [0.1, 0.15) is 6.04 Å². The van der Waals surface area contributed by atoms with Crippen LogP contribution in [0, 0.1) is 5.92 Å². The predicted molar refractivity (Wildman–Crippen MR) is 130 cm³/mol. The monoisotopic (exact) mass is 448 g/mol. The topological polar surface area (TPSA) is 78.7 Å². The van der Waals surface area contributed by atoms with E-state index in [-0.39, 0.29) is 23.8 Å². The van der Waals surface area contributed by atoms with E-state index in [1.165, 1.54) is 11.1 Å². The zero-order valence-electron chi connectivity index (χ0n) is 19.4. The van der Waals surface area contributed by atoms with Gasteiger partial charge in [-0.3, -0.25) is 14.5 Å². The van der Waals surface area contributed by atoms with Crippen molar-refractivity contribution in [1.82, 2.24) is 15.1 Å². The van der Waals surface area contributed by atoms with Gasteiger partial charge < -0.3 is 16.0 Å². The zero-order chi connectivity index (χ0) is 23.0. The zero-order valence-corrected chi connectivity index (χ0v) is 19.4. The maximum absolute atomic E-state index is 13.0. The molecule has 2 fully saturated rings. The SMILES string of the molecule is NCCNC(=O)[C@H]1CC(N(CCc2ccccc2)Cc2ccccc2)CCN1C(=O)C1CC1. The van der Waals surface area contributed by atoms with E-state index in [9.17, 15) is 9.59 Å². The minimum atomic E-state index is -0.418. The number of hydrogen-bond donors (Lipinski definition) is 2. The highest BCUT2D eigenvalue weighted by Crippen LogP contribution is 2.34. The first-order valence-electron chi connectivity index (χ1n) is 12.3. The normalized spacial score (nSPS) is 20.6. The third-order valence-electron chi connectivity index (χ3n) is 6.81. The maximum Gasteiger partial charge on any atom is 0.242 e. The summed E-state index contributed by atoms with van der Waals surface area (Å²) >= 11 is 0. The van der Waals surface area contributed by atoms with Crippen molar-refractivity contribution >= 4 is 11.8 Å². The number of piperidine rings is 1. The van der Waals surface area contributed by atoms with E-state index < -0.39 is 6.04 Å². The van der Waals surface area contributed by atoms with Crippen LogP contribution in [0.25, 0.3) is 0 Å². The Balaban J connectivity index is 1.50. The van der Waals surface area contributed by atoms with E-state index in [2.05, 4.69) is 58.7 Å². The lowest BCUT2D eigenvalue weighted by Crippen LogP contribution is -2.58. The number of rotatable bonds is 10. The highest BCUT2D eigenvalue weighted by molar-refractivity contribution is 5.89. The molecule has 2 aliphatic rings. The summed E-state index contributed by atoms with van der Waals surface area (Å²) < 4.78 is 0. The summed E-state index contributed by atoms with van der Waals surface area (Å²) in [7, 11) is 0. The third kappa shape index (κ3) is 6.42. The molecule has 6 nitrogen and oxygen atoms in total. The lowest BCUT2D eigenvalue weighted by Gasteiger charge is -2.43. The lowest BCUT2D eigenvalue weighted by atomic mass is 9.93. The molecule has 1 aliphatic heterocycles. The first-order valence-corrected chi connectivity index (χ1v) is 12.3. The Labute approximate surface area is 197 Å². The van der Waals surface area contributed by atoms with Gasteiger partial charge in [-0.25, -0.2) is 0 Å². The van der Waals surface area contributed by atoms with Crippen LogP contribution in [-0.2, 0) is 22.6 Å². The van der Waals surface area contributed by atoms with Crippen LogP contribution in [0.4, 0.5) is 0 Å². The minimum absolute atomic E-state index is 0.0677. The van der Waals surface area contributed by atoms with Crippen molar-refractivity contribution < 1.29 is 9.59 Å². The quantitative estimate of drug-likeness (QED) is 0.586. The van der Waals surface area contributed by atoms with Crippen LogP contribution < -0.4 is 11.1 Å². The van der Waals surface area contributed by atoms with Crippen LogP contribution in [-0.4, -0.2) is 59.9 Å². The molecule has 1 unspecified atom stereocenters. The second-order valence-electron chi connectivity index (χ2n) is 9.27. The minimum Gasteiger partial charge on any atom is -0.353 e. The molecular weight excluding hydrogens is 412 g/mol. The molecule has 1 saturated carbocycles. The van der Waals surface area contributed by atoms with Crippen molar-refractivity contribution in [1.29, 1.82) is 0 Å². The molecule has 33 heavy (non-hydrogen) atoms. The molecule has 2 atom stereocenters. The van der Waals surface area contributed by atoms with E-state index in [1.807, 2.05) is 17.0 Å². The molecule has 0 spiro atoms. The van der Waals surface area contributed by atoms with Crippen LogP contribution in [0.1, 0.15) is 36.8 Å². The molecule has 0 radical (unpaired) electrons. The number of carbonyl (C=O) groups is 2. The number of benzene rings is 2. The van der Waals surface area contributed by atoms with Crippen molar-refractivity contribution in [2.45, 2.75) is 50.7 Å². The predicted octanol–water partition coefficient (Wildman–Crippen LogP) is 2.58. The number of hydrogen-bond acceptors (Lipinski definition) is 4. The molecule has 1 aliphatic carbocycles. The fourth-order valence-electron chi connectivity index (χ4n) is 4.79. The third-order valence-corrected chi connectivity index (χ3v) is 6.81. The Morgan fingerprint density at radius 1 is 0.970 bits per heavy atom. The number of likely N-dealkylation sites (tertiary alicyclic amines) is 1. The molecule has 176 valence electrons. The molecule has 2 aromatic rings. The summed E-state index contributed by atoms with van der Waals surface area (Å²) in [6, 6.07) is 20.9. The maximum atomic E-state index is 13.0. The van der Waals surface area contributed by atoms with Crippen molar-refractivity contribution in [3.05, 3.63) is 71.8 Å². The summed E-state index contributed by atoms with van der Waals surface area (Å²) in [6.07, 6.45) is 4.41. The number of nitrogens with two attached hydrogens (primary N) is 1. The van der Waals surface area contributed by atoms with Gasteiger partial charge in [-0.2, -0.15) is 0 Å². The van der Waals surface area contributed by atoms with Crippen LogP contribution in [0.2, 0.25) is 0 Å². The van der Waals surface area contributed by atoms with Gasteiger partial charge in [-0.1, -0.05) is 60.7 Å². The largest absolute Gasteiger partial charge is 0.353 e. The molecule has 2 amide bonds. The van der Waals surface area contributed by atoms with Crippen LogP contribution in [0.3, 0.4) is 0 Å². The molecule has 2 aromatic carbocycles. The second-order valence-corrected chi connectivity index (χ2v) is 9.27. The number of carbonyl (C=O) groups excluding carboxylic acids is 2. The fourth-order valence-corrected chi connectivity index (χ4v) is 4.79. The Bertz CT molecular complexity index is 901. The standard InChI is InChI=1S/C27H36N4O2/c28-15-16-29-26(32)25-19-24(14-18-31(25)27(33)23-11-12-23)30(20-22-9-5-2-6-10-22)17-13-21-7-3-1-4-8-21/h1-10,23-25H,11-20,28H2,(H,29,32)/t24?,25-/m1/s1. The molecule has 1 saturated heterocycles. The molecular formula is C27H36N4O2. The van der Waals surface area contributed by atoms with Gasteiger partial charge in [-0.05, 0) is 43.2 Å². The van der Waals surface area contributed by atoms with E-state index in [0.717, 1.165) is 38.8 Å². The molecule has 6 heteroatoms. The number of nitrogens with zero attached hydrogens (tertiary/aromatic N) is 2. The number of nitrogens with one attached hydrogen (secondary N) is 1. The molecule has 3 N–H and O–H groups in total. The van der Waals surface area contributed by atoms with Crippen LogP contribution >= 0.6 is 0 Å².